The first-order valence-electron chi connectivity index (χ1n) is 8.59. The van der Waals surface area contributed by atoms with Crippen LogP contribution in [0.5, 0.6) is 5.75 Å². The van der Waals surface area contributed by atoms with Crippen LogP contribution in [-0.2, 0) is 6.54 Å². The second kappa shape index (κ2) is 8.89. The van der Waals surface area contributed by atoms with Gasteiger partial charge < -0.3 is 20.3 Å². The van der Waals surface area contributed by atoms with Gasteiger partial charge in [-0.1, -0.05) is 32.4 Å². The smallest absolute Gasteiger partial charge is 0.321 e. The molecule has 0 atom stereocenters. The highest BCUT2D eigenvalue weighted by molar-refractivity contribution is 6.06. The number of methoxy groups -OCH3 is 1. The molecule has 0 unspecified atom stereocenters. The number of hydrogen-bond donors (Lipinski definition) is 2. The lowest BCUT2D eigenvalue weighted by molar-refractivity contribution is 0.102. The van der Waals surface area contributed by atoms with Crippen LogP contribution in [0.1, 0.15) is 36.2 Å². The summed E-state index contributed by atoms with van der Waals surface area (Å²) < 4.78 is 5.21. The van der Waals surface area contributed by atoms with Crippen LogP contribution in [0.3, 0.4) is 0 Å². The maximum absolute atomic E-state index is 12.4. The fraction of sp³-hybridized carbons (Fsp3) is 0.300. The molecule has 0 aliphatic carbocycles. The van der Waals surface area contributed by atoms with Crippen LogP contribution in [-0.4, -0.2) is 31.0 Å². The van der Waals surface area contributed by atoms with Gasteiger partial charge in [-0.15, -0.1) is 0 Å². The van der Waals surface area contributed by atoms with Gasteiger partial charge >= 0.3 is 6.03 Å². The van der Waals surface area contributed by atoms with Crippen LogP contribution in [0.4, 0.5) is 16.2 Å². The number of fused-ring (bicyclic) bond motifs is 1. The summed E-state index contributed by atoms with van der Waals surface area (Å²) in [5.41, 5.74) is 2.86. The van der Waals surface area contributed by atoms with Crippen LogP contribution in [0.25, 0.3) is 0 Å². The van der Waals surface area contributed by atoms with Crippen molar-refractivity contribution in [2.45, 2.75) is 26.8 Å². The number of para-hydroxylation sites is 1. The Morgan fingerprint density at radius 2 is 1.92 bits per heavy atom. The van der Waals surface area contributed by atoms with E-state index in [1.54, 1.807) is 42.3 Å². The van der Waals surface area contributed by atoms with Gasteiger partial charge in [-0.3, -0.25) is 4.79 Å². The molecule has 2 aromatic rings. The van der Waals surface area contributed by atoms with E-state index < -0.39 is 0 Å². The molecule has 26 heavy (non-hydrogen) atoms. The number of rotatable bonds is 3. The van der Waals surface area contributed by atoms with Crippen molar-refractivity contribution in [2.24, 2.45) is 0 Å². The van der Waals surface area contributed by atoms with Crippen molar-refractivity contribution >= 4 is 23.3 Å². The van der Waals surface area contributed by atoms with Crippen molar-refractivity contribution in [1.82, 2.24) is 4.90 Å². The lowest BCUT2D eigenvalue weighted by atomic mass is 10.1. The molecule has 6 nitrogen and oxygen atoms in total. The Morgan fingerprint density at radius 1 is 1.23 bits per heavy atom. The van der Waals surface area contributed by atoms with Gasteiger partial charge in [0, 0.05) is 25.0 Å². The number of carbonyl (C=O) groups is 2. The number of urea groups is 1. The van der Waals surface area contributed by atoms with Gasteiger partial charge in [0.2, 0.25) is 0 Å². The Hall–Kier alpha value is -3.02. The van der Waals surface area contributed by atoms with Crippen molar-refractivity contribution in [2.75, 3.05) is 24.8 Å². The van der Waals surface area contributed by atoms with E-state index >= 15 is 0 Å². The molecule has 1 aliphatic rings. The van der Waals surface area contributed by atoms with Crippen LogP contribution < -0.4 is 15.4 Å². The maximum Gasteiger partial charge on any atom is 0.321 e. The Balaban J connectivity index is 0.000000758. The molecule has 138 valence electrons. The molecule has 1 heterocycles. The molecule has 3 amide bonds. The minimum absolute atomic E-state index is 0.136. The summed E-state index contributed by atoms with van der Waals surface area (Å²) in [6.07, 6.45) is 1.25. The molecule has 0 aromatic heterocycles. The highest BCUT2D eigenvalue weighted by Crippen LogP contribution is 2.26. The second-order valence-electron chi connectivity index (χ2n) is 6.02. The minimum atomic E-state index is -0.240. The summed E-state index contributed by atoms with van der Waals surface area (Å²) in [4.78, 5) is 25.6. The van der Waals surface area contributed by atoms with E-state index in [2.05, 4.69) is 24.5 Å². The molecule has 0 saturated carbocycles. The van der Waals surface area contributed by atoms with E-state index in [0.717, 1.165) is 11.3 Å². The quantitative estimate of drug-likeness (QED) is 0.860. The van der Waals surface area contributed by atoms with E-state index in [4.69, 9.17) is 4.74 Å². The number of nitrogens with one attached hydrogen (secondary N) is 2. The normalized spacial score (nSPS) is 12.3. The van der Waals surface area contributed by atoms with Gasteiger partial charge in [-0.05, 0) is 35.9 Å². The van der Waals surface area contributed by atoms with Gasteiger partial charge in [-0.25, -0.2) is 4.79 Å². The van der Waals surface area contributed by atoms with E-state index in [-0.39, 0.29) is 11.9 Å². The summed E-state index contributed by atoms with van der Waals surface area (Å²) in [7, 11) is 3.25. The maximum atomic E-state index is 12.4. The van der Waals surface area contributed by atoms with E-state index in [1.807, 2.05) is 12.1 Å². The van der Waals surface area contributed by atoms with E-state index in [1.165, 1.54) is 13.5 Å². The Kier molecular flexibility index (Phi) is 6.60. The number of anilines is 2. The van der Waals surface area contributed by atoms with Crippen LogP contribution in [0.15, 0.2) is 42.5 Å². The summed E-state index contributed by atoms with van der Waals surface area (Å²) in [6.45, 7) is 4.75. The molecule has 0 saturated heterocycles. The predicted octanol–water partition coefficient (Wildman–Crippen LogP) is 4.34. The fourth-order valence-electron chi connectivity index (χ4n) is 2.49. The first kappa shape index (κ1) is 19.3. The number of amides is 3. The largest absolute Gasteiger partial charge is 0.496 e. The van der Waals surface area contributed by atoms with E-state index in [9.17, 15) is 9.59 Å². The van der Waals surface area contributed by atoms with Gasteiger partial charge in [0.1, 0.15) is 5.75 Å². The molecule has 0 radical (unpaired) electrons. The standard InChI is InChI=1S/C17H17N3O3.C3H8/c1-20-10-11-9-12(7-8-14(11)19-17(20)22)18-16(21)13-5-3-4-6-15(13)23-2;1-3-2/h3-9H,10H2,1-2H3,(H,18,21)(H,19,22);3H2,1-2H3. The molecular formula is C20H25N3O3. The van der Waals surface area contributed by atoms with Gasteiger partial charge in [-0.2, -0.15) is 0 Å². The van der Waals surface area contributed by atoms with Crippen LogP contribution >= 0.6 is 0 Å². The molecule has 2 aromatic carbocycles. The molecule has 3 rings (SSSR count). The third kappa shape index (κ3) is 4.53. The van der Waals surface area contributed by atoms with Crippen molar-refractivity contribution in [1.29, 1.82) is 0 Å². The Labute approximate surface area is 154 Å². The summed E-state index contributed by atoms with van der Waals surface area (Å²) in [5, 5.41) is 5.65. The van der Waals surface area contributed by atoms with Gasteiger partial charge in [0.25, 0.3) is 5.91 Å². The minimum Gasteiger partial charge on any atom is -0.496 e. The average molecular weight is 355 g/mol. The first-order valence-corrected chi connectivity index (χ1v) is 8.59. The topological polar surface area (TPSA) is 70.7 Å². The van der Waals surface area contributed by atoms with Crippen molar-refractivity contribution in [3.63, 3.8) is 0 Å². The molecule has 0 fully saturated rings. The van der Waals surface area contributed by atoms with Crippen molar-refractivity contribution in [3.8, 4) is 5.75 Å². The third-order valence-electron chi connectivity index (χ3n) is 3.71. The first-order chi connectivity index (χ1) is 12.5. The van der Waals surface area contributed by atoms with Crippen molar-refractivity contribution in [3.05, 3.63) is 53.6 Å². The molecular weight excluding hydrogens is 330 g/mol. The zero-order valence-electron chi connectivity index (χ0n) is 15.6. The number of ether oxygens (including phenoxy) is 1. The summed E-state index contributed by atoms with van der Waals surface area (Å²) in [5.74, 6) is 0.283. The highest BCUT2D eigenvalue weighted by Gasteiger charge is 2.20. The van der Waals surface area contributed by atoms with E-state index in [0.29, 0.717) is 23.5 Å². The van der Waals surface area contributed by atoms with Crippen LogP contribution in [0.2, 0.25) is 0 Å². The SMILES string of the molecule is CCC.COc1ccccc1C(=O)Nc1ccc2c(c1)CN(C)C(=O)N2. The molecule has 1 aliphatic heterocycles. The molecule has 0 spiro atoms. The molecule has 2 N–H and O–H groups in total. The Morgan fingerprint density at radius 3 is 2.62 bits per heavy atom. The zero-order chi connectivity index (χ0) is 19.1. The zero-order valence-corrected chi connectivity index (χ0v) is 15.6. The summed E-state index contributed by atoms with van der Waals surface area (Å²) >= 11 is 0. The molecule has 6 heteroatoms. The van der Waals surface area contributed by atoms with Gasteiger partial charge in [0.05, 0.1) is 12.7 Å². The Bertz CT molecular complexity index is 790. The monoisotopic (exact) mass is 355 g/mol. The number of carbonyl (C=O) groups excluding carboxylic acids is 2. The number of nitrogens with zero attached hydrogens (tertiary/aromatic N) is 1. The average Bonchev–Trinajstić information content (AvgIpc) is 2.63. The molecule has 0 bridgehead atoms. The lowest BCUT2D eigenvalue weighted by Crippen LogP contribution is -2.35. The predicted molar refractivity (Wildman–Crippen MR) is 104 cm³/mol. The van der Waals surface area contributed by atoms with Crippen LogP contribution in [0, 0.1) is 0 Å². The third-order valence-corrected chi connectivity index (χ3v) is 3.71. The van der Waals surface area contributed by atoms with Crippen molar-refractivity contribution < 1.29 is 14.3 Å². The highest BCUT2D eigenvalue weighted by atomic mass is 16.5. The summed E-state index contributed by atoms with van der Waals surface area (Å²) in [6, 6.07) is 12.3. The second-order valence-corrected chi connectivity index (χ2v) is 6.02. The van der Waals surface area contributed by atoms with Gasteiger partial charge in [0.15, 0.2) is 0 Å². The number of hydrogen-bond acceptors (Lipinski definition) is 3. The number of benzene rings is 2. The lowest BCUT2D eigenvalue weighted by Gasteiger charge is -2.26. The fourth-order valence-corrected chi connectivity index (χ4v) is 2.49.